The number of ether oxygens (including phenoxy) is 3. The Kier molecular flexibility index (Phi) is 6.79. The van der Waals surface area contributed by atoms with E-state index in [9.17, 15) is 14.4 Å². The molecule has 2 aromatic carbocycles. The van der Waals surface area contributed by atoms with Crippen LogP contribution in [0.5, 0.6) is 11.5 Å². The van der Waals surface area contributed by atoms with Gasteiger partial charge in [0.05, 0.1) is 25.8 Å². The average molecular weight is 433 g/mol. The second kappa shape index (κ2) is 9.49. The molecule has 1 atom stereocenters. The Morgan fingerprint density at radius 1 is 1.17 bits per heavy atom. The summed E-state index contributed by atoms with van der Waals surface area (Å²) in [6.45, 7) is -0.313. The molecule has 2 aromatic rings. The third kappa shape index (κ3) is 5.01. The fourth-order valence-corrected chi connectivity index (χ4v) is 3.28. The summed E-state index contributed by atoms with van der Waals surface area (Å²) in [7, 11) is 3.00. The van der Waals surface area contributed by atoms with Crippen LogP contribution in [0.15, 0.2) is 42.5 Å². The predicted molar refractivity (Wildman–Crippen MR) is 111 cm³/mol. The van der Waals surface area contributed by atoms with Crippen molar-refractivity contribution in [1.82, 2.24) is 0 Å². The van der Waals surface area contributed by atoms with Gasteiger partial charge in [0, 0.05) is 29.7 Å². The Morgan fingerprint density at radius 3 is 2.70 bits per heavy atom. The largest absolute Gasteiger partial charge is 0.497 e. The molecule has 0 aliphatic carbocycles. The summed E-state index contributed by atoms with van der Waals surface area (Å²) in [4.78, 5) is 38.4. The zero-order valence-electron chi connectivity index (χ0n) is 16.5. The molecule has 158 valence electrons. The van der Waals surface area contributed by atoms with Crippen molar-refractivity contribution < 1.29 is 28.6 Å². The first-order chi connectivity index (χ1) is 14.4. The molecule has 1 saturated heterocycles. The molecule has 30 heavy (non-hydrogen) atoms. The molecular weight excluding hydrogens is 412 g/mol. The Balaban J connectivity index is 1.56. The smallest absolute Gasteiger partial charge is 0.311 e. The first-order valence-electron chi connectivity index (χ1n) is 9.15. The molecule has 0 saturated carbocycles. The number of nitrogens with one attached hydrogen (secondary N) is 1. The number of rotatable bonds is 7. The Bertz CT molecular complexity index is 964. The van der Waals surface area contributed by atoms with Crippen molar-refractivity contribution in [2.45, 2.75) is 6.42 Å². The predicted octanol–water partition coefficient (Wildman–Crippen LogP) is 2.89. The topological polar surface area (TPSA) is 94.2 Å². The average Bonchev–Trinajstić information content (AvgIpc) is 3.14. The fourth-order valence-electron chi connectivity index (χ4n) is 3.11. The second-order valence-corrected chi connectivity index (χ2v) is 7.04. The number of carbonyl (C=O) groups is 3. The molecule has 0 radical (unpaired) electrons. The van der Waals surface area contributed by atoms with Crippen LogP contribution in [-0.2, 0) is 19.1 Å². The maximum absolute atomic E-state index is 12.4. The van der Waals surface area contributed by atoms with Crippen LogP contribution in [-0.4, -0.2) is 45.2 Å². The highest BCUT2D eigenvalue weighted by Gasteiger charge is 2.36. The molecule has 0 aromatic heterocycles. The first kappa shape index (κ1) is 21.4. The normalized spacial score (nSPS) is 15.6. The van der Waals surface area contributed by atoms with Gasteiger partial charge in [0.15, 0.2) is 6.61 Å². The van der Waals surface area contributed by atoms with Crippen molar-refractivity contribution in [2.75, 3.05) is 37.6 Å². The maximum atomic E-state index is 12.4. The Labute approximate surface area is 178 Å². The van der Waals surface area contributed by atoms with E-state index in [1.807, 2.05) is 0 Å². The van der Waals surface area contributed by atoms with Gasteiger partial charge in [0.2, 0.25) is 5.91 Å². The molecule has 1 fully saturated rings. The standard InChI is InChI=1S/C21H21ClN2O6/c1-28-16-5-3-4-15(10-16)24-11-13(8-20(24)26)21(27)30-12-19(25)23-17-9-14(22)6-7-18(17)29-2/h3-7,9-10,13H,8,11-12H2,1-2H3,(H,23,25)/t13-/m0/s1. The Hall–Kier alpha value is -3.26. The van der Waals surface area contributed by atoms with Gasteiger partial charge in [-0.1, -0.05) is 17.7 Å². The van der Waals surface area contributed by atoms with E-state index in [2.05, 4.69) is 5.32 Å². The second-order valence-electron chi connectivity index (χ2n) is 6.61. The molecule has 9 heteroatoms. The van der Waals surface area contributed by atoms with Crippen LogP contribution in [0.3, 0.4) is 0 Å². The van der Waals surface area contributed by atoms with E-state index in [1.54, 1.807) is 36.4 Å². The van der Waals surface area contributed by atoms with Crippen molar-refractivity contribution in [3.63, 3.8) is 0 Å². The van der Waals surface area contributed by atoms with Crippen molar-refractivity contribution >= 4 is 40.8 Å². The number of amides is 2. The first-order valence-corrected chi connectivity index (χ1v) is 9.53. The van der Waals surface area contributed by atoms with Gasteiger partial charge in [0.25, 0.3) is 5.91 Å². The van der Waals surface area contributed by atoms with Gasteiger partial charge in [-0.15, -0.1) is 0 Å². The van der Waals surface area contributed by atoms with Gasteiger partial charge >= 0.3 is 5.97 Å². The van der Waals surface area contributed by atoms with Crippen LogP contribution in [0, 0.1) is 5.92 Å². The van der Waals surface area contributed by atoms with Gasteiger partial charge in [-0.05, 0) is 30.3 Å². The lowest BCUT2D eigenvalue weighted by molar-refractivity contribution is -0.151. The molecule has 0 unspecified atom stereocenters. The number of nitrogens with zero attached hydrogens (tertiary/aromatic N) is 1. The number of carbonyl (C=O) groups excluding carboxylic acids is 3. The van der Waals surface area contributed by atoms with Crippen LogP contribution in [0.4, 0.5) is 11.4 Å². The van der Waals surface area contributed by atoms with Crippen LogP contribution in [0.2, 0.25) is 5.02 Å². The van der Waals surface area contributed by atoms with E-state index in [0.29, 0.717) is 27.9 Å². The highest BCUT2D eigenvalue weighted by atomic mass is 35.5. The van der Waals surface area contributed by atoms with E-state index in [0.717, 1.165) is 0 Å². The van der Waals surface area contributed by atoms with E-state index in [1.165, 1.54) is 25.2 Å². The van der Waals surface area contributed by atoms with E-state index in [4.69, 9.17) is 25.8 Å². The van der Waals surface area contributed by atoms with Crippen LogP contribution >= 0.6 is 11.6 Å². The van der Waals surface area contributed by atoms with Crippen LogP contribution in [0.25, 0.3) is 0 Å². The lowest BCUT2D eigenvalue weighted by atomic mass is 10.1. The highest BCUT2D eigenvalue weighted by molar-refractivity contribution is 6.31. The van der Waals surface area contributed by atoms with E-state index in [-0.39, 0.29) is 18.9 Å². The van der Waals surface area contributed by atoms with Crippen molar-refractivity contribution in [2.24, 2.45) is 5.92 Å². The summed E-state index contributed by atoms with van der Waals surface area (Å²) in [5, 5.41) is 3.01. The number of anilines is 2. The van der Waals surface area contributed by atoms with E-state index >= 15 is 0 Å². The third-order valence-corrected chi connectivity index (χ3v) is 4.84. The molecular formula is C21H21ClN2O6. The zero-order chi connectivity index (χ0) is 21.7. The summed E-state index contributed by atoms with van der Waals surface area (Å²) in [6, 6.07) is 11.8. The molecule has 1 aliphatic heterocycles. The lowest BCUT2D eigenvalue weighted by Gasteiger charge is -2.17. The van der Waals surface area contributed by atoms with Crippen LogP contribution < -0.4 is 19.7 Å². The van der Waals surface area contributed by atoms with Crippen LogP contribution in [0.1, 0.15) is 6.42 Å². The van der Waals surface area contributed by atoms with Crippen molar-refractivity contribution in [3.05, 3.63) is 47.5 Å². The summed E-state index contributed by atoms with van der Waals surface area (Å²) in [6.07, 6.45) is 0.0137. The monoisotopic (exact) mass is 432 g/mol. The fraction of sp³-hybridized carbons (Fsp3) is 0.286. The molecule has 3 rings (SSSR count). The van der Waals surface area contributed by atoms with Gasteiger partial charge in [-0.25, -0.2) is 0 Å². The molecule has 1 N–H and O–H groups in total. The third-order valence-electron chi connectivity index (χ3n) is 4.60. The minimum atomic E-state index is -0.655. The van der Waals surface area contributed by atoms with Gasteiger partial charge in [-0.3, -0.25) is 14.4 Å². The number of halogens is 1. The highest BCUT2D eigenvalue weighted by Crippen LogP contribution is 2.29. The summed E-state index contributed by atoms with van der Waals surface area (Å²) in [5.41, 5.74) is 1.01. The zero-order valence-corrected chi connectivity index (χ0v) is 17.3. The minimum absolute atomic E-state index is 0.0137. The molecule has 0 spiro atoms. The minimum Gasteiger partial charge on any atom is -0.497 e. The molecule has 1 aliphatic rings. The van der Waals surface area contributed by atoms with Gasteiger partial charge < -0.3 is 24.4 Å². The summed E-state index contributed by atoms with van der Waals surface area (Å²) < 4.78 is 15.4. The molecule has 8 nitrogen and oxygen atoms in total. The summed E-state index contributed by atoms with van der Waals surface area (Å²) >= 11 is 5.93. The number of hydrogen-bond donors (Lipinski definition) is 1. The van der Waals surface area contributed by atoms with Crippen molar-refractivity contribution in [1.29, 1.82) is 0 Å². The van der Waals surface area contributed by atoms with Crippen molar-refractivity contribution in [3.8, 4) is 11.5 Å². The molecule has 0 bridgehead atoms. The van der Waals surface area contributed by atoms with Gasteiger partial charge in [-0.2, -0.15) is 0 Å². The number of esters is 1. The number of benzene rings is 2. The number of hydrogen-bond acceptors (Lipinski definition) is 6. The van der Waals surface area contributed by atoms with E-state index < -0.39 is 24.4 Å². The summed E-state index contributed by atoms with van der Waals surface area (Å²) in [5.74, 6) is -0.968. The quantitative estimate of drug-likeness (QED) is 0.676. The Morgan fingerprint density at radius 2 is 1.97 bits per heavy atom. The lowest BCUT2D eigenvalue weighted by Crippen LogP contribution is -2.28. The molecule has 2 amide bonds. The number of methoxy groups -OCH3 is 2. The maximum Gasteiger partial charge on any atom is 0.311 e. The van der Waals surface area contributed by atoms with Gasteiger partial charge in [0.1, 0.15) is 11.5 Å². The SMILES string of the molecule is COc1cccc(N2C[C@@H](C(=O)OCC(=O)Nc3cc(Cl)ccc3OC)CC2=O)c1. The molecule has 1 heterocycles.